The van der Waals surface area contributed by atoms with Crippen molar-refractivity contribution in [3.8, 4) is 5.75 Å². The predicted molar refractivity (Wildman–Crippen MR) is 127 cm³/mol. The van der Waals surface area contributed by atoms with Gasteiger partial charge >= 0.3 is 0 Å². The van der Waals surface area contributed by atoms with Crippen LogP contribution in [0.25, 0.3) is 0 Å². The maximum absolute atomic E-state index is 13.1. The van der Waals surface area contributed by atoms with E-state index in [-0.39, 0.29) is 36.7 Å². The van der Waals surface area contributed by atoms with E-state index >= 15 is 0 Å². The number of benzene rings is 1. The average Bonchev–Trinajstić information content (AvgIpc) is 3.47. The molecule has 0 saturated carbocycles. The van der Waals surface area contributed by atoms with Gasteiger partial charge in [-0.25, -0.2) is 0 Å². The topological polar surface area (TPSA) is 122 Å². The molecule has 5 rings (SSSR count). The summed E-state index contributed by atoms with van der Waals surface area (Å²) >= 11 is 0. The van der Waals surface area contributed by atoms with Gasteiger partial charge in [0, 0.05) is 37.6 Å². The Morgan fingerprint density at radius 1 is 1.19 bits per heavy atom. The molecule has 3 aliphatic heterocycles. The average molecular weight is 495 g/mol. The number of aryl methyl sites for hydroxylation is 1. The summed E-state index contributed by atoms with van der Waals surface area (Å²) in [4.78, 5) is 53.1. The second-order valence-electron chi connectivity index (χ2n) is 9.61. The predicted octanol–water partition coefficient (Wildman–Crippen LogP) is 2.46. The van der Waals surface area contributed by atoms with Crippen molar-refractivity contribution in [2.24, 2.45) is 0 Å². The number of ether oxygens (including phenoxy) is 1. The second kappa shape index (κ2) is 10.1. The summed E-state index contributed by atoms with van der Waals surface area (Å²) in [6, 6.07) is 6.27. The zero-order chi connectivity index (χ0) is 25.2. The molecule has 4 amide bonds. The molecule has 0 aliphatic carbocycles. The van der Waals surface area contributed by atoms with E-state index in [9.17, 15) is 19.2 Å². The fourth-order valence-corrected chi connectivity index (χ4v) is 5.20. The Balaban J connectivity index is 1.24. The molecule has 0 radical (unpaired) electrons. The van der Waals surface area contributed by atoms with Crippen LogP contribution in [0.15, 0.2) is 28.8 Å². The van der Waals surface area contributed by atoms with Crippen molar-refractivity contribution in [2.75, 3.05) is 13.2 Å². The number of nitrogens with one attached hydrogen (secondary N) is 1. The van der Waals surface area contributed by atoms with Crippen LogP contribution in [0.3, 0.4) is 0 Å². The first-order valence-electron chi connectivity index (χ1n) is 12.6. The molecule has 0 bridgehead atoms. The Bertz CT molecular complexity index is 1190. The number of imide groups is 1. The molecule has 2 fully saturated rings. The van der Waals surface area contributed by atoms with Crippen LogP contribution < -0.4 is 10.1 Å². The molecule has 3 aliphatic rings. The highest BCUT2D eigenvalue weighted by molar-refractivity contribution is 6.05. The number of fused-ring (bicyclic) bond motifs is 1. The molecule has 2 saturated heterocycles. The molecule has 2 unspecified atom stereocenters. The Hall–Kier alpha value is -3.69. The first kappa shape index (κ1) is 24.0. The smallest absolute Gasteiger partial charge is 0.276 e. The molecule has 10 heteroatoms. The number of likely N-dealkylation sites (tertiary alicyclic amines) is 1. The van der Waals surface area contributed by atoms with E-state index in [1.54, 1.807) is 18.2 Å². The molecule has 36 heavy (non-hydrogen) atoms. The fourth-order valence-electron chi connectivity index (χ4n) is 5.20. The molecule has 10 nitrogen and oxygen atoms in total. The minimum Gasteiger partial charge on any atom is -0.491 e. The highest BCUT2D eigenvalue weighted by Gasteiger charge is 2.39. The molecule has 1 N–H and O–H groups in total. The third kappa shape index (κ3) is 4.72. The van der Waals surface area contributed by atoms with Crippen LogP contribution in [0.4, 0.5) is 0 Å². The van der Waals surface area contributed by atoms with Crippen molar-refractivity contribution >= 4 is 23.6 Å². The molecule has 4 heterocycles. The lowest BCUT2D eigenvalue weighted by atomic mass is 10.0. The maximum Gasteiger partial charge on any atom is 0.276 e. The summed E-state index contributed by atoms with van der Waals surface area (Å²) in [5, 5.41) is 6.29. The number of amides is 4. The van der Waals surface area contributed by atoms with Crippen molar-refractivity contribution < 1.29 is 28.4 Å². The highest BCUT2D eigenvalue weighted by atomic mass is 16.5. The van der Waals surface area contributed by atoms with Crippen LogP contribution in [-0.2, 0) is 22.6 Å². The molecule has 0 spiro atoms. The normalized spacial score (nSPS) is 22.0. The van der Waals surface area contributed by atoms with E-state index in [2.05, 4.69) is 10.5 Å². The summed E-state index contributed by atoms with van der Waals surface area (Å²) < 4.78 is 11.4. The first-order chi connectivity index (χ1) is 17.4. The number of hydrogen-bond acceptors (Lipinski definition) is 7. The van der Waals surface area contributed by atoms with Gasteiger partial charge in [0.25, 0.3) is 11.8 Å². The third-order valence-electron chi connectivity index (χ3n) is 7.10. The summed E-state index contributed by atoms with van der Waals surface area (Å²) in [5.74, 6) is 0.219. The van der Waals surface area contributed by atoms with Crippen molar-refractivity contribution in [1.82, 2.24) is 20.3 Å². The number of rotatable bonds is 7. The van der Waals surface area contributed by atoms with Gasteiger partial charge in [-0.2, -0.15) is 0 Å². The standard InChI is InChI=1S/C26H30N4O6/c1-2-5-19-13-21(28-36-19)26(34)29-11-4-3-6-17(29)15-35-18-7-8-20-16(12-18)14-30(25(20)33)22-9-10-23(31)27-24(22)32/h7-8,12-13,17,22H,2-6,9-11,14-15H2,1H3,(H,27,31,32). The van der Waals surface area contributed by atoms with Gasteiger partial charge in [-0.05, 0) is 55.9 Å². The van der Waals surface area contributed by atoms with Crippen molar-refractivity contribution in [3.63, 3.8) is 0 Å². The lowest BCUT2D eigenvalue weighted by Crippen LogP contribution is -2.52. The molecule has 1 aromatic carbocycles. The van der Waals surface area contributed by atoms with Crippen molar-refractivity contribution in [1.29, 1.82) is 0 Å². The van der Waals surface area contributed by atoms with Crippen molar-refractivity contribution in [3.05, 3.63) is 46.8 Å². The van der Waals surface area contributed by atoms with Gasteiger partial charge in [-0.3, -0.25) is 24.5 Å². The molecule has 1 aromatic heterocycles. The highest BCUT2D eigenvalue weighted by Crippen LogP contribution is 2.30. The van der Waals surface area contributed by atoms with Gasteiger partial charge in [0.1, 0.15) is 24.2 Å². The summed E-state index contributed by atoms with van der Waals surface area (Å²) in [6.07, 6.45) is 4.98. The lowest BCUT2D eigenvalue weighted by molar-refractivity contribution is -0.136. The molecular weight excluding hydrogens is 464 g/mol. The first-order valence-corrected chi connectivity index (χ1v) is 12.6. The van der Waals surface area contributed by atoms with E-state index < -0.39 is 11.9 Å². The summed E-state index contributed by atoms with van der Waals surface area (Å²) in [6.45, 7) is 3.30. The number of hydrogen-bond donors (Lipinski definition) is 1. The Labute approximate surface area is 208 Å². The van der Waals surface area contributed by atoms with E-state index in [1.807, 2.05) is 17.9 Å². The fraction of sp³-hybridized carbons (Fsp3) is 0.500. The summed E-state index contributed by atoms with van der Waals surface area (Å²) in [7, 11) is 0. The van der Waals surface area contributed by atoms with Crippen LogP contribution in [0, 0.1) is 0 Å². The minimum absolute atomic E-state index is 0.0903. The van der Waals surface area contributed by atoms with Gasteiger partial charge in [0.2, 0.25) is 11.8 Å². The summed E-state index contributed by atoms with van der Waals surface area (Å²) in [5.41, 5.74) is 1.65. The molecule has 2 aromatic rings. The van der Waals surface area contributed by atoms with Gasteiger partial charge in [0.15, 0.2) is 5.69 Å². The number of carbonyl (C=O) groups excluding carboxylic acids is 4. The van der Waals surface area contributed by atoms with Gasteiger partial charge in [-0.1, -0.05) is 12.1 Å². The van der Waals surface area contributed by atoms with Gasteiger partial charge in [0.05, 0.1) is 6.04 Å². The SMILES string of the molecule is CCCc1cc(C(=O)N2CCCCC2COc2ccc3c(c2)CN(C2CCC(=O)NC2=O)C3=O)no1. The van der Waals surface area contributed by atoms with Gasteiger partial charge in [-0.15, -0.1) is 0 Å². The quantitative estimate of drug-likeness (QED) is 0.587. The van der Waals surface area contributed by atoms with E-state index in [0.717, 1.165) is 37.7 Å². The zero-order valence-electron chi connectivity index (χ0n) is 20.3. The van der Waals surface area contributed by atoms with Gasteiger partial charge < -0.3 is 19.1 Å². The van der Waals surface area contributed by atoms with E-state index in [0.29, 0.717) is 42.3 Å². The van der Waals surface area contributed by atoms with Crippen molar-refractivity contribution in [2.45, 2.75) is 70.5 Å². The molecule has 190 valence electrons. The Morgan fingerprint density at radius 3 is 2.86 bits per heavy atom. The van der Waals surface area contributed by atoms with E-state index in [4.69, 9.17) is 9.26 Å². The Kier molecular flexibility index (Phi) is 6.75. The monoisotopic (exact) mass is 494 g/mol. The Morgan fingerprint density at radius 2 is 2.06 bits per heavy atom. The zero-order valence-corrected chi connectivity index (χ0v) is 20.3. The largest absolute Gasteiger partial charge is 0.491 e. The second-order valence-corrected chi connectivity index (χ2v) is 9.61. The number of aromatic nitrogens is 1. The number of nitrogens with zero attached hydrogens (tertiary/aromatic N) is 3. The van der Waals surface area contributed by atoms with E-state index in [1.165, 1.54) is 4.90 Å². The number of piperidine rings is 2. The van der Waals surface area contributed by atoms with Crippen LogP contribution in [0.1, 0.15) is 77.6 Å². The van der Waals surface area contributed by atoms with Crippen LogP contribution >= 0.6 is 0 Å². The van der Waals surface area contributed by atoms with Crippen LogP contribution in [-0.4, -0.2) is 63.8 Å². The number of carbonyl (C=O) groups is 4. The van der Waals surface area contributed by atoms with Crippen LogP contribution in [0.2, 0.25) is 0 Å². The molecule has 2 atom stereocenters. The molecular formula is C26H30N4O6. The maximum atomic E-state index is 13.1. The third-order valence-corrected chi connectivity index (χ3v) is 7.10. The van der Waals surface area contributed by atoms with Crippen LogP contribution in [0.5, 0.6) is 5.75 Å². The lowest BCUT2D eigenvalue weighted by Gasteiger charge is -2.35. The minimum atomic E-state index is -0.650.